The molecule has 27 heavy (non-hydrogen) atoms. The smallest absolute Gasteiger partial charge is 0.274 e. The summed E-state index contributed by atoms with van der Waals surface area (Å²) in [7, 11) is 3.16. The molecule has 2 N–H and O–H groups in total. The highest BCUT2D eigenvalue weighted by Crippen LogP contribution is 2.27. The number of aromatic nitrogens is 2. The van der Waals surface area contributed by atoms with Crippen LogP contribution >= 0.6 is 0 Å². The van der Waals surface area contributed by atoms with Crippen LogP contribution in [0.1, 0.15) is 16.1 Å². The molecule has 1 heterocycles. The molecule has 0 saturated heterocycles. The molecule has 7 heteroatoms. The van der Waals surface area contributed by atoms with Crippen LogP contribution < -0.4 is 20.1 Å². The Hall–Kier alpha value is -3.61. The molecule has 0 aliphatic carbocycles. The lowest BCUT2D eigenvalue weighted by molar-refractivity contribution is 0.102. The second kappa shape index (κ2) is 8.18. The second-order valence-electron chi connectivity index (χ2n) is 5.78. The molecule has 0 fully saturated rings. The molecule has 138 valence electrons. The molecule has 0 saturated carbocycles. The number of nitrogens with one attached hydrogen (secondary N) is 2. The van der Waals surface area contributed by atoms with E-state index in [4.69, 9.17) is 9.47 Å². The zero-order chi connectivity index (χ0) is 19.2. The van der Waals surface area contributed by atoms with E-state index >= 15 is 0 Å². The van der Waals surface area contributed by atoms with Crippen molar-refractivity contribution in [3.05, 3.63) is 66.0 Å². The van der Waals surface area contributed by atoms with Crippen molar-refractivity contribution >= 4 is 23.2 Å². The number of carbonyl (C=O) groups excluding carboxylic acids is 1. The first-order valence-corrected chi connectivity index (χ1v) is 8.29. The van der Waals surface area contributed by atoms with E-state index in [1.165, 1.54) is 6.20 Å². The summed E-state index contributed by atoms with van der Waals surface area (Å²) < 4.78 is 10.5. The molecule has 0 aliphatic rings. The Morgan fingerprint density at radius 2 is 1.89 bits per heavy atom. The van der Waals surface area contributed by atoms with Crippen molar-refractivity contribution in [1.29, 1.82) is 0 Å². The van der Waals surface area contributed by atoms with Gasteiger partial charge in [-0.3, -0.25) is 4.79 Å². The van der Waals surface area contributed by atoms with Gasteiger partial charge in [-0.05, 0) is 42.8 Å². The van der Waals surface area contributed by atoms with Gasteiger partial charge >= 0.3 is 0 Å². The minimum atomic E-state index is -0.343. The normalized spacial score (nSPS) is 10.2. The second-order valence-corrected chi connectivity index (χ2v) is 5.78. The molecular formula is C20H20N4O3. The molecule has 2 aromatic carbocycles. The molecule has 0 bridgehead atoms. The standard InChI is InChI=1S/C20H20N4O3/c1-13-7-8-18(27-3)17(11-13)24-20-21-10-9-16(23-20)19(25)22-14-5-4-6-15(12-14)26-2/h4-12H,1-3H3,(H,22,25)(H,21,23,24). The summed E-state index contributed by atoms with van der Waals surface area (Å²) in [5.74, 6) is 1.28. The number of aryl methyl sites for hydroxylation is 1. The number of carbonyl (C=O) groups is 1. The summed E-state index contributed by atoms with van der Waals surface area (Å²) in [6.07, 6.45) is 1.53. The van der Waals surface area contributed by atoms with Crippen LogP contribution in [0.2, 0.25) is 0 Å². The van der Waals surface area contributed by atoms with E-state index in [2.05, 4.69) is 20.6 Å². The average Bonchev–Trinajstić information content (AvgIpc) is 2.68. The summed E-state index contributed by atoms with van der Waals surface area (Å²) in [4.78, 5) is 21.0. The molecule has 0 unspecified atom stereocenters. The van der Waals surface area contributed by atoms with Gasteiger partial charge in [0.15, 0.2) is 0 Å². The molecule has 0 aliphatic heterocycles. The quantitative estimate of drug-likeness (QED) is 0.692. The maximum Gasteiger partial charge on any atom is 0.274 e. The molecule has 3 aromatic rings. The van der Waals surface area contributed by atoms with Crippen LogP contribution in [0.25, 0.3) is 0 Å². The number of benzene rings is 2. The van der Waals surface area contributed by atoms with Gasteiger partial charge in [-0.15, -0.1) is 0 Å². The molecule has 3 rings (SSSR count). The van der Waals surface area contributed by atoms with Crippen LogP contribution in [0.3, 0.4) is 0 Å². The third-order valence-electron chi connectivity index (χ3n) is 3.82. The predicted octanol–water partition coefficient (Wildman–Crippen LogP) is 3.80. The van der Waals surface area contributed by atoms with Gasteiger partial charge in [-0.25, -0.2) is 9.97 Å². The van der Waals surface area contributed by atoms with Crippen LogP contribution in [-0.2, 0) is 0 Å². The summed E-state index contributed by atoms with van der Waals surface area (Å²) in [5, 5.41) is 5.89. The zero-order valence-corrected chi connectivity index (χ0v) is 15.3. The number of hydrogen-bond donors (Lipinski definition) is 2. The van der Waals surface area contributed by atoms with Crippen molar-refractivity contribution in [2.24, 2.45) is 0 Å². The number of hydrogen-bond acceptors (Lipinski definition) is 6. The van der Waals surface area contributed by atoms with Gasteiger partial charge in [0.2, 0.25) is 5.95 Å². The van der Waals surface area contributed by atoms with E-state index in [1.807, 2.05) is 25.1 Å². The molecule has 0 radical (unpaired) electrons. The first-order valence-electron chi connectivity index (χ1n) is 8.29. The highest BCUT2D eigenvalue weighted by atomic mass is 16.5. The van der Waals surface area contributed by atoms with E-state index < -0.39 is 0 Å². The van der Waals surface area contributed by atoms with Gasteiger partial charge in [-0.1, -0.05) is 12.1 Å². The minimum absolute atomic E-state index is 0.238. The summed E-state index contributed by atoms with van der Waals surface area (Å²) in [5.41, 5.74) is 2.64. The minimum Gasteiger partial charge on any atom is -0.497 e. The molecule has 0 atom stereocenters. The number of ether oxygens (including phenoxy) is 2. The molecule has 1 aromatic heterocycles. The van der Waals surface area contributed by atoms with Gasteiger partial charge in [-0.2, -0.15) is 0 Å². The van der Waals surface area contributed by atoms with E-state index in [0.717, 1.165) is 11.3 Å². The van der Waals surface area contributed by atoms with Crippen molar-refractivity contribution in [1.82, 2.24) is 9.97 Å². The fraction of sp³-hybridized carbons (Fsp3) is 0.150. The Kier molecular flexibility index (Phi) is 5.51. The number of methoxy groups -OCH3 is 2. The first kappa shape index (κ1) is 18.2. The van der Waals surface area contributed by atoms with Gasteiger partial charge in [0.25, 0.3) is 5.91 Å². The molecule has 1 amide bonds. The van der Waals surface area contributed by atoms with E-state index in [-0.39, 0.29) is 11.6 Å². The Bertz CT molecular complexity index is 959. The Morgan fingerprint density at radius 3 is 2.67 bits per heavy atom. The topological polar surface area (TPSA) is 85.4 Å². The molecule has 7 nitrogen and oxygen atoms in total. The maximum atomic E-state index is 12.5. The first-order chi connectivity index (χ1) is 13.1. The van der Waals surface area contributed by atoms with Gasteiger partial charge in [0.1, 0.15) is 17.2 Å². The van der Waals surface area contributed by atoms with Crippen LogP contribution in [-0.4, -0.2) is 30.1 Å². The Balaban J connectivity index is 1.79. The van der Waals surface area contributed by atoms with E-state index in [9.17, 15) is 4.79 Å². The van der Waals surface area contributed by atoms with Gasteiger partial charge in [0.05, 0.1) is 19.9 Å². The zero-order valence-electron chi connectivity index (χ0n) is 15.3. The summed E-state index contributed by atoms with van der Waals surface area (Å²) in [6, 6.07) is 14.4. The van der Waals surface area contributed by atoms with E-state index in [1.54, 1.807) is 44.6 Å². The van der Waals surface area contributed by atoms with Crippen LogP contribution in [0.15, 0.2) is 54.7 Å². The van der Waals surface area contributed by atoms with Gasteiger partial charge in [0, 0.05) is 18.0 Å². The summed E-state index contributed by atoms with van der Waals surface area (Å²) >= 11 is 0. The maximum absolute atomic E-state index is 12.5. The number of rotatable bonds is 6. The SMILES string of the molecule is COc1cccc(NC(=O)c2ccnc(Nc3cc(C)ccc3OC)n2)c1. The number of nitrogens with zero attached hydrogens (tertiary/aromatic N) is 2. The lowest BCUT2D eigenvalue weighted by Gasteiger charge is -2.11. The lowest BCUT2D eigenvalue weighted by atomic mass is 10.2. The Labute approximate surface area is 157 Å². The Morgan fingerprint density at radius 1 is 1.04 bits per heavy atom. The van der Waals surface area contributed by atoms with Crippen molar-refractivity contribution in [2.45, 2.75) is 6.92 Å². The third kappa shape index (κ3) is 4.52. The highest BCUT2D eigenvalue weighted by Gasteiger charge is 2.11. The fourth-order valence-electron chi connectivity index (χ4n) is 2.48. The number of amides is 1. The van der Waals surface area contributed by atoms with E-state index in [0.29, 0.717) is 23.1 Å². The lowest BCUT2D eigenvalue weighted by Crippen LogP contribution is -2.14. The molecular weight excluding hydrogens is 344 g/mol. The van der Waals surface area contributed by atoms with Crippen LogP contribution in [0.4, 0.5) is 17.3 Å². The molecule has 0 spiro atoms. The van der Waals surface area contributed by atoms with Crippen LogP contribution in [0.5, 0.6) is 11.5 Å². The third-order valence-corrected chi connectivity index (χ3v) is 3.82. The summed E-state index contributed by atoms with van der Waals surface area (Å²) in [6.45, 7) is 1.98. The van der Waals surface area contributed by atoms with Crippen molar-refractivity contribution in [3.8, 4) is 11.5 Å². The van der Waals surface area contributed by atoms with Crippen molar-refractivity contribution in [2.75, 3.05) is 24.9 Å². The van der Waals surface area contributed by atoms with Crippen molar-refractivity contribution in [3.63, 3.8) is 0 Å². The van der Waals surface area contributed by atoms with Crippen molar-refractivity contribution < 1.29 is 14.3 Å². The predicted molar refractivity (Wildman–Crippen MR) is 104 cm³/mol. The highest BCUT2D eigenvalue weighted by molar-refractivity contribution is 6.03. The van der Waals surface area contributed by atoms with Crippen LogP contribution in [0, 0.1) is 6.92 Å². The monoisotopic (exact) mass is 364 g/mol. The fourth-order valence-corrected chi connectivity index (χ4v) is 2.48. The number of anilines is 3. The van der Waals surface area contributed by atoms with Gasteiger partial charge < -0.3 is 20.1 Å². The largest absolute Gasteiger partial charge is 0.497 e. The average molecular weight is 364 g/mol.